The number of hydrogen-bond acceptors (Lipinski definition) is 1. The molecule has 13 heavy (non-hydrogen) atoms. The predicted molar refractivity (Wildman–Crippen MR) is 41.4 cm³/mol. The molecule has 1 atom stereocenters. The molecule has 0 aliphatic rings. The third kappa shape index (κ3) is 2.45. The van der Waals surface area contributed by atoms with Gasteiger partial charge in [-0.25, -0.2) is 13.2 Å². The zero-order chi connectivity index (χ0) is 10.0. The molecule has 1 N–H and O–H groups in total. The molecule has 1 radical (unpaired) electrons. The zero-order valence-electron chi connectivity index (χ0n) is 6.73. The number of benzene rings is 1. The molecule has 4 heteroatoms. The van der Waals surface area contributed by atoms with Gasteiger partial charge in [0.2, 0.25) is 0 Å². The van der Waals surface area contributed by atoms with Gasteiger partial charge in [0.1, 0.15) is 0 Å². The summed E-state index contributed by atoms with van der Waals surface area (Å²) < 4.78 is 37.6. The fourth-order valence-corrected chi connectivity index (χ4v) is 0.998. The monoisotopic (exact) mass is 189 g/mol. The molecule has 1 nitrogen and oxygen atoms in total. The predicted octanol–water partition coefficient (Wildman–Crippen LogP) is 1.84. The van der Waals surface area contributed by atoms with Gasteiger partial charge in [-0.2, -0.15) is 0 Å². The van der Waals surface area contributed by atoms with Crippen molar-refractivity contribution in [3.8, 4) is 0 Å². The van der Waals surface area contributed by atoms with Crippen LogP contribution in [0.2, 0.25) is 0 Å². The summed E-state index contributed by atoms with van der Waals surface area (Å²) in [5, 5.41) is 8.81. The highest BCUT2D eigenvalue weighted by molar-refractivity contribution is 5.20. The first-order valence-corrected chi connectivity index (χ1v) is 3.65. The summed E-state index contributed by atoms with van der Waals surface area (Å²) in [5.74, 6) is -4.01. The maximum Gasteiger partial charge on any atom is 0.194 e. The lowest BCUT2D eigenvalue weighted by Crippen LogP contribution is -2.06. The zero-order valence-corrected chi connectivity index (χ0v) is 6.73. The van der Waals surface area contributed by atoms with Gasteiger partial charge in [0.15, 0.2) is 17.5 Å². The third-order valence-corrected chi connectivity index (χ3v) is 1.51. The summed E-state index contributed by atoms with van der Waals surface area (Å²) >= 11 is 0. The molecule has 0 aliphatic carbocycles. The van der Waals surface area contributed by atoms with Gasteiger partial charge in [-0.05, 0) is 31.0 Å². The molecule has 0 saturated heterocycles. The first kappa shape index (κ1) is 10.1. The lowest BCUT2D eigenvalue weighted by Gasteiger charge is -2.04. The van der Waals surface area contributed by atoms with Crippen LogP contribution in [-0.2, 0) is 6.42 Å². The van der Waals surface area contributed by atoms with Crippen molar-refractivity contribution < 1.29 is 18.3 Å². The molecule has 0 aromatic heterocycles. The maximum atomic E-state index is 12.6. The second-order valence-corrected chi connectivity index (χ2v) is 2.73. The number of aliphatic hydroxyl groups is 1. The molecule has 0 spiro atoms. The number of halogens is 3. The van der Waals surface area contributed by atoms with Crippen LogP contribution in [0.15, 0.2) is 12.1 Å². The van der Waals surface area contributed by atoms with Crippen molar-refractivity contribution in [2.45, 2.75) is 12.5 Å². The van der Waals surface area contributed by atoms with Gasteiger partial charge in [-0.1, -0.05) is 0 Å². The van der Waals surface area contributed by atoms with Crippen molar-refractivity contribution in [2.75, 3.05) is 0 Å². The number of aliphatic hydroxyl groups excluding tert-OH is 1. The summed E-state index contributed by atoms with van der Waals surface area (Å²) in [5.41, 5.74) is 0.180. The first-order valence-electron chi connectivity index (χ1n) is 3.65. The molecular weight excluding hydrogens is 181 g/mol. The first-order chi connectivity index (χ1) is 6.00. The second-order valence-electron chi connectivity index (χ2n) is 2.73. The van der Waals surface area contributed by atoms with E-state index < -0.39 is 23.6 Å². The van der Waals surface area contributed by atoms with Gasteiger partial charge in [-0.3, -0.25) is 0 Å². The van der Waals surface area contributed by atoms with Gasteiger partial charge in [0.05, 0.1) is 6.10 Å². The van der Waals surface area contributed by atoms with Crippen molar-refractivity contribution >= 4 is 0 Å². The molecule has 0 aliphatic heterocycles. The van der Waals surface area contributed by atoms with Crippen LogP contribution < -0.4 is 0 Å². The minimum atomic E-state index is -1.50. The largest absolute Gasteiger partial charge is 0.393 e. The van der Waals surface area contributed by atoms with Crippen molar-refractivity contribution in [3.05, 3.63) is 42.1 Å². The van der Waals surface area contributed by atoms with Crippen molar-refractivity contribution in [1.82, 2.24) is 0 Å². The SMILES string of the molecule is [CH2]C(O)Cc1cc(F)c(F)c(F)c1. The lowest BCUT2D eigenvalue weighted by molar-refractivity contribution is 0.221. The van der Waals surface area contributed by atoms with Crippen LogP contribution in [0, 0.1) is 24.4 Å². The van der Waals surface area contributed by atoms with Crippen LogP contribution >= 0.6 is 0 Å². The highest BCUT2D eigenvalue weighted by Crippen LogP contribution is 2.14. The van der Waals surface area contributed by atoms with Crippen LogP contribution in [0.1, 0.15) is 5.56 Å². The van der Waals surface area contributed by atoms with E-state index >= 15 is 0 Å². The average molecular weight is 189 g/mol. The van der Waals surface area contributed by atoms with Gasteiger partial charge in [0.25, 0.3) is 0 Å². The standard InChI is InChI=1S/C9H8F3O/c1-5(13)2-6-3-7(10)9(12)8(11)4-6/h3-5,13H,1-2H2. The highest BCUT2D eigenvalue weighted by Gasteiger charge is 2.11. The Morgan fingerprint density at radius 2 is 1.69 bits per heavy atom. The molecular formula is C9H8F3O. The van der Waals surface area contributed by atoms with Crippen molar-refractivity contribution in [1.29, 1.82) is 0 Å². The second kappa shape index (κ2) is 3.79. The summed E-state index contributed by atoms with van der Waals surface area (Å²) in [4.78, 5) is 0. The maximum absolute atomic E-state index is 12.6. The Hall–Kier alpha value is -1.03. The van der Waals surface area contributed by atoms with Gasteiger partial charge in [-0.15, -0.1) is 0 Å². The average Bonchev–Trinajstić information content (AvgIpc) is 1.98. The molecule has 1 rings (SSSR count). The Morgan fingerprint density at radius 1 is 1.23 bits per heavy atom. The quantitative estimate of drug-likeness (QED) is 0.704. The van der Waals surface area contributed by atoms with Gasteiger partial charge in [0, 0.05) is 0 Å². The van der Waals surface area contributed by atoms with Crippen LogP contribution in [0.25, 0.3) is 0 Å². The van der Waals surface area contributed by atoms with E-state index in [4.69, 9.17) is 5.11 Å². The summed E-state index contributed by atoms with van der Waals surface area (Å²) in [6, 6.07) is 1.68. The van der Waals surface area contributed by atoms with E-state index in [-0.39, 0.29) is 12.0 Å². The Bertz CT molecular complexity index is 287. The Labute approximate surface area is 73.8 Å². The van der Waals surface area contributed by atoms with E-state index in [0.29, 0.717) is 0 Å². The summed E-state index contributed by atoms with van der Waals surface area (Å²) in [6.07, 6.45) is -0.960. The van der Waals surface area contributed by atoms with E-state index in [9.17, 15) is 13.2 Å². The third-order valence-electron chi connectivity index (χ3n) is 1.51. The topological polar surface area (TPSA) is 20.2 Å². The summed E-state index contributed by atoms with van der Waals surface area (Å²) in [7, 11) is 0. The Balaban J connectivity index is 2.99. The van der Waals surface area contributed by atoms with Crippen molar-refractivity contribution in [2.24, 2.45) is 0 Å². The number of rotatable bonds is 2. The van der Waals surface area contributed by atoms with Gasteiger partial charge < -0.3 is 5.11 Å². The van der Waals surface area contributed by atoms with Crippen molar-refractivity contribution in [3.63, 3.8) is 0 Å². The van der Waals surface area contributed by atoms with E-state index in [0.717, 1.165) is 12.1 Å². The Morgan fingerprint density at radius 3 is 2.08 bits per heavy atom. The molecule has 0 amide bonds. The van der Waals surface area contributed by atoms with Crippen LogP contribution in [-0.4, -0.2) is 11.2 Å². The van der Waals surface area contributed by atoms with Crippen LogP contribution in [0.4, 0.5) is 13.2 Å². The van der Waals surface area contributed by atoms with E-state index in [1.807, 2.05) is 0 Å². The molecule has 0 heterocycles. The van der Waals surface area contributed by atoms with Crippen LogP contribution in [0.3, 0.4) is 0 Å². The molecule has 71 valence electrons. The van der Waals surface area contributed by atoms with E-state index in [1.165, 1.54) is 0 Å². The normalized spacial score (nSPS) is 13.0. The highest BCUT2D eigenvalue weighted by atomic mass is 19.2. The Kier molecular flexibility index (Phi) is 2.93. The molecule has 0 fully saturated rings. The smallest absolute Gasteiger partial charge is 0.194 e. The van der Waals surface area contributed by atoms with E-state index in [1.54, 1.807) is 0 Å². The van der Waals surface area contributed by atoms with E-state index in [2.05, 4.69) is 6.92 Å². The molecule has 0 bridgehead atoms. The van der Waals surface area contributed by atoms with Gasteiger partial charge >= 0.3 is 0 Å². The lowest BCUT2D eigenvalue weighted by atomic mass is 10.1. The van der Waals surface area contributed by atoms with Crippen LogP contribution in [0.5, 0.6) is 0 Å². The summed E-state index contributed by atoms with van der Waals surface area (Å²) in [6.45, 7) is 3.23. The molecule has 1 unspecified atom stereocenters. The minimum absolute atomic E-state index is 0.00583. The fraction of sp³-hybridized carbons (Fsp3) is 0.222. The minimum Gasteiger partial charge on any atom is -0.393 e. The molecule has 1 aromatic rings. The number of hydrogen-bond donors (Lipinski definition) is 1. The molecule has 0 saturated carbocycles. The molecule has 1 aromatic carbocycles. The fourth-order valence-electron chi connectivity index (χ4n) is 0.998.